The molecule has 1 saturated heterocycles. The number of aliphatic hydroxyl groups excluding tert-OH is 3. The highest BCUT2D eigenvalue weighted by Gasteiger charge is 2.46. The Kier molecular flexibility index (Phi) is 6.34. The number of aliphatic hydroxyl groups is 3. The zero-order chi connectivity index (χ0) is 19.6. The second-order valence-electron chi connectivity index (χ2n) is 5.97. The summed E-state index contributed by atoms with van der Waals surface area (Å²) in [5.41, 5.74) is 5.47. The second-order valence-corrected chi connectivity index (χ2v) is 7.03. The first-order chi connectivity index (χ1) is 13.0. The van der Waals surface area contributed by atoms with Gasteiger partial charge in [0.15, 0.2) is 22.5 Å². The van der Waals surface area contributed by atoms with Crippen LogP contribution in [0, 0.1) is 0 Å². The number of hydrogen-bond acceptors (Lipinski definition) is 10. The molecule has 0 aromatic carbocycles. The van der Waals surface area contributed by atoms with Gasteiger partial charge in [0.1, 0.15) is 18.3 Å². The molecule has 0 aliphatic carbocycles. The van der Waals surface area contributed by atoms with Crippen LogP contribution in [0.25, 0.3) is 11.2 Å². The summed E-state index contributed by atoms with van der Waals surface area (Å²) in [6.45, 7) is 1.72. The highest BCUT2D eigenvalue weighted by atomic mass is 32.2. The lowest BCUT2D eigenvalue weighted by Gasteiger charge is -2.22. The smallest absolute Gasteiger partial charge is 0.280 e. The van der Waals surface area contributed by atoms with Gasteiger partial charge in [0.25, 0.3) is 5.56 Å². The third-order valence-electron chi connectivity index (χ3n) is 4.18. The summed E-state index contributed by atoms with van der Waals surface area (Å²) in [7, 11) is 0. The van der Waals surface area contributed by atoms with E-state index in [1.54, 1.807) is 11.5 Å². The van der Waals surface area contributed by atoms with Gasteiger partial charge in [-0.25, -0.2) is 4.98 Å². The average Bonchev–Trinajstić information content (AvgIpc) is 3.14. The third-order valence-corrected chi connectivity index (χ3v) is 5.22. The van der Waals surface area contributed by atoms with E-state index < -0.39 is 36.7 Å². The first kappa shape index (κ1) is 20.0. The van der Waals surface area contributed by atoms with Crippen LogP contribution >= 0.6 is 11.8 Å². The minimum absolute atomic E-state index is 0.0197. The lowest BCUT2D eigenvalue weighted by Crippen LogP contribution is -2.35. The predicted molar refractivity (Wildman–Crippen MR) is 97.4 cm³/mol. The summed E-state index contributed by atoms with van der Waals surface area (Å²) in [5, 5.41) is 29.4. The molecule has 2 aromatic rings. The molecule has 1 aliphatic heterocycles. The third kappa shape index (κ3) is 3.81. The van der Waals surface area contributed by atoms with Crippen LogP contribution in [0.15, 0.2) is 9.95 Å². The van der Waals surface area contributed by atoms with Crippen LogP contribution in [0.5, 0.6) is 0 Å². The molecule has 0 spiro atoms. The SMILES string of the molecule is CCO[C@@H]1[C@H](O)[C@@H](CO)O[C@H]1n1c(SCCCO)nc2c(=O)[nH]c(N)nc21. The molecule has 1 fully saturated rings. The Morgan fingerprint density at radius 3 is 2.85 bits per heavy atom. The Morgan fingerprint density at radius 2 is 2.19 bits per heavy atom. The van der Waals surface area contributed by atoms with E-state index in [-0.39, 0.29) is 23.7 Å². The number of nitrogens with two attached hydrogens (primary N) is 1. The van der Waals surface area contributed by atoms with Gasteiger partial charge in [-0.2, -0.15) is 4.98 Å². The quantitative estimate of drug-likeness (QED) is 0.268. The molecule has 1 aliphatic rings. The first-order valence-corrected chi connectivity index (χ1v) is 9.57. The number of aromatic nitrogens is 4. The Morgan fingerprint density at radius 1 is 1.41 bits per heavy atom. The summed E-state index contributed by atoms with van der Waals surface area (Å²) in [5.74, 6) is 0.469. The number of aromatic amines is 1. The lowest BCUT2D eigenvalue weighted by atomic mass is 10.1. The van der Waals surface area contributed by atoms with Crippen molar-refractivity contribution in [2.24, 2.45) is 0 Å². The van der Waals surface area contributed by atoms with Crippen LogP contribution in [0.4, 0.5) is 5.95 Å². The molecule has 4 atom stereocenters. The van der Waals surface area contributed by atoms with E-state index in [0.29, 0.717) is 23.9 Å². The maximum absolute atomic E-state index is 12.2. The van der Waals surface area contributed by atoms with Crippen molar-refractivity contribution in [2.75, 3.05) is 31.3 Å². The van der Waals surface area contributed by atoms with Crippen molar-refractivity contribution in [1.82, 2.24) is 19.5 Å². The van der Waals surface area contributed by atoms with Gasteiger partial charge in [-0.15, -0.1) is 0 Å². The van der Waals surface area contributed by atoms with Crippen LogP contribution in [0.3, 0.4) is 0 Å². The van der Waals surface area contributed by atoms with E-state index in [4.69, 9.17) is 20.3 Å². The number of fused-ring (bicyclic) bond motifs is 1. The molecule has 6 N–H and O–H groups in total. The Balaban J connectivity index is 2.12. The van der Waals surface area contributed by atoms with Gasteiger partial charge >= 0.3 is 0 Å². The predicted octanol–water partition coefficient (Wildman–Crippen LogP) is -1.17. The van der Waals surface area contributed by atoms with Crippen LogP contribution in [0.1, 0.15) is 19.6 Å². The summed E-state index contributed by atoms with van der Waals surface area (Å²) in [4.78, 5) is 23.2. The summed E-state index contributed by atoms with van der Waals surface area (Å²) in [6, 6.07) is 0. The zero-order valence-corrected chi connectivity index (χ0v) is 15.6. The van der Waals surface area contributed by atoms with E-state index in [0.717, 1.165) is 0 Å². The summed E-state index contributed by atoms with van der Waals surface area (Å²) < 4.78 is 13.0. The number of imidazole rings is 1. The fraction of sp³-hybridized carbons (Fsp3) is 0.667. The van der Waals surface area contributed by atoms with E-state index in [1.807, 2.05) is 0 Å². The number of hydrogen-bond donors (Lipinski definition) is 5. The highest BCUT2D eigenvalue weighted by Crippen LogP contribution is 2.36. The Hall–Kier alpha value is -1.70. The minimum atomic E-state index is -1.06. The molecule has 27 heavy (non-hydrogen) atoms. The minimum Gasteiger partial charge on any atom is -0.396 e. The summed E-state index contributed by atoms with van der Waals surface area (Å²) >= 11 is 1.31. The van der Waals surface area contributed by atoms with Crippen molar-refractivity contribution in [3.05, 3.63) is 10.4 Å². The van der Waals surface area contributed by atoms with Crippen LogP contribution in [-0.2, 0) is 9.47 Å². The molecule has 150 valence electrons. The Labute approximate surface area is 158 Å². The number of nitrogen functional groups attached to an aromatic ring is 1. The molecule has 0 saturated carbocycles. The zero-order valence-electron chi connectivity index (χ0n) is 14.7. The lowest BCUT2D eigenvalue weighted by molar-refractivity contribution is -0.0714. The normalized spacial score (nSPS) is 25.5. The molecule has 0 amide bonds. The van der Waals surface area contributed by atoms with E-state index in [9.17, 15) is 15.0 Å². The molecule has 3 rings (SSSR count). The fourth-order valence-corrected chi connectivity index (χ4v) is 3.93. The fourth-order valence-electron chi connectivity index (χ4n) is 2.99. The average molecular weight is 401 g/mol. The largest absolute Gasteiger partial charge is 0.396 e. The van der Waals surface area contributed by atoms with Gasteiger partial charge in [-0.3, -0.25) is 14.3 Å². The van der Waals surface area contributed by atoms with Crippen molar-refractivity contribution in [3.63, 3.8) is 0 Å². The van der Waals surface area contributed by atoms with E-state index in [1.165, 1.54) is 11.8 Å². The van der Waals surface area contributed by atoms with Gasteiger partial charge in [-0.1, -0.05) is 11.8 Å². The molecular weight excluding hydrogens is 378 g/mol. The van der Waals surface area contributed by atoms with Gasteiger partial charge in [0.2, 0.25) is 5.95 Å². The monoisotopic (exact) mass is 401 g/mol. The van der Waals surface area contributed by atoms with Crippen molar-refractivity contribution in [3.8, 4) is 0 Å². The molecular formula is C15H23N5O6S. The number of rotatable bonds is 8. The van der Waals surface area contributed by atoms with Crippen LogP contribution in [0.2, 0.25) is 0 Å². The molecule has 12 heteroatoms. The van der Waals surface area contributed by atoms with E-state index in [2.05, 4.69) is 15.0 Å². The van der Waals surface area contributed by atoms with Crippen LogP contribution < -0.4 is 11.3 Å². The number of ether oxygens (including phenoxy) is 2. The van der Waals surface area contributed by atoms with Crippen molar-refractivity contribution < 1.29 is 24.8 Å². The molecule has 2 aromatic heterocycles. The number of anilines is 1. The maximum Gasteiger partial charge on any atom is 0.280 e. The Bertz CT molecular complexity index is 842. The topological polar surface area (TPSA) is 169 Å². The summed E-state index contributed by atoms with van der Waals surface area (Å²) in [6.07, 6.45) is -3.02. The molecule has 0 radical (unpaired) electrons. The highest BCUT2D eigenvalue weighted by molar-refractivity contribution is 7.99. The van der Waals surface area contributed by atoms with Gasteiger partial charge in [-0.05, 0) is 13.3 Å². The van der Waals surface area contributed by atoms with E-state index >= 15 is 0 Å². The number of nitrogens with zero attached hydrogens (tertiary/aromatic N) is 3. The number of H-pyrrole nitrogens is 1. The van der Waals surface area contributed by atoms with Gasteiger partial charge in [0, 0.05) is 19.0 Å². The number of nitrogens with one attached hydrogen (secondary N) is 1. The molecule has 3 heterocycles. The standard InChI is InChI=1S/C15H23N5O6S/c1-2-25-10-9(23)7(6-22)26-13(10)20-11-8(12(24)19-14(16)18-11)17-15(20)27-5-3-4-21/h7,9-10,13,21-23H,2-6H2,1H3,(H3,16,18,19,24)/t7-,9-,10-,13-/m1/s1. The van der Waals surface area contributed by atoms with Crippen molar-refractivity contribution >= 4 is 28.9 Å². The molecule has 11 nitrogen and oxygen atoms in total. The maximum atomic E-state index is 12.2. The second kappa shape index (κ2) is 8.54. The first-order valence-electron chi connectivity index (χ1n) is 8.59. The van der Waals surface area contributed by atoms with Gasteiger partial charge < -0.3 is 30.5 Å². The van der Waals surface area contributed by atoms with Crippen LogP contribution in [-0.4, -0.2) is 78.7 Å². The molecule has 0 unspecified atom stereocenters. The van der Waals surface area contributed by atoms with Gasteiger partial charge in [0.05, 0.1) is 6.61 Å². The van der Waals surface area contributed by atoms with Crippen molar-refractivity contribution in [1.29, 1.82) is 0 Å². The van der Waals surface area contributed by atoms with Crippen molar-refractivity contribution in [2.45, 2.75) is 43.0 Å². The number of thioether (sulfide) groups is 1. The molecule has 0 bridgehead atoms.